The molecule has 1 nitrogen and oxygen atoms in total. The molecule has 0 atom stereocenters. The summed E-state index contributed by atoms with van der Waals surface area (Å²) in [5, 5.41) is 0. The molecule has 0 aliphatic heterocycles. The monoisotopic (exact) mass is 307 g/mol. The van der Waals surface area contributed by atoms with Gasteiger partial charge in [0.15, 0.2) is 0 Å². The van der Waals surface area contributed by atoms with Crippen LogP contribution in [0.1, 0.15) is 69.4 Å². The van der Waals surface area contributed by atoms with Crippen LogP contribution in [0, 0.1) is 5.92 Å². The lowest BCUT2D eigenvalue weighted by molar-refractivity contribution is 0.308. The highest BCUT2D eigenvalue weighted by molar-refractivity contribution is 5.59. The van der Waals surface area contributed by atoms with Gasteiger partial charge in [0.05, 0.1) is 5.69 Å². The Hall–Kier alpha value is -1.63. The zero-order valence-corrected chi connectivity index (χ0v) is 14.6. The normalized spacial score (nSPS) is 21.3. The second-order valence-corrected chi connectivity index (χ2v) is 7.03. The summed E-state index contributed by atoms with van der Waals surface area (Å²) >= 11 is 0. The van der Waals surface area contributed by atoms with Crippen molar-refractivity contribution in [2.45, 2.75) is 64.7 Å². The molecule has 0 radical (unpaired) electrons. The van der Waals surface area contributed by atoms with Crippen LogP contribution in [0.2, 0.25) is 0 Å². The van der Waals surface area contributed by atoms with Gasteiger partial charge in [-0.2, -0.15) is 0 Å². The average molecular weight is 307 g/mol. The standard InChI is InChI=1S/C22H29N/c1-3-5-18-6-9-19(10-7-18)20-11-13-21(14-12-20)22-15-8-17(4-2)16-23-22/h8,11-16,18-19H,3-7,9-10H2,1-2H3. The maximum absolute atomic E-state index is 4.59. The summed E-state index contributed by atoms with van der Waals surface area (Å²) in [6, 6.07) is 13.5. The number of hydrogen-bond acceptors (Lipinski definition) is 1. The van der Waals surface area contributed by atoms with Crippen LogP contribution in [0.5, 0.6) is 0 Å². The molecule has 0 N–H and O–H groups in total. The number of benzene rings is 1. The topological polar surface area (TPSA) is 12.9 Å². The van der Waals surface area contributed by atoms with E-state index in [1.54, 1.807) is 0 Å². The van der Waals surface area contributed by atoms with E-state index in [0.717, 1.165) is 24.0 Å². The smallest absolute Gasteiger partial charge is 0.0702 e. The molecule has 1 aliphatic carbocycles. The highest BCUT2D eigenvalue weighted by atomic mass is 14.7. The number of aryl methyl sites for hydroxylation is 1. The fourth-order valence-electron chi connectivity index (χ4n) is 3.92. The van der Waals surface area contributed by atoms with Crippen molar-refractivity contribution in [2.75, 3.05) is 0 Å². The average Bonchev–Trinajstić information content (AvgIpc) is 2.63. The molecular weight excluding hydrogens is 278 g/mol. The highest BCUT2D eigenvalue weighted by Crippen LogP contribution is 2.37. The fraction of sp³-hybridized carbons (Fsp3) is 0.500. The molecule has 122 valence electrons. The summed E-state index contributed by atoms with van der Waals surface area (Å²) in [5.41, 5.74) is 5.14. The molecule has 1 saturated carbocycles. The lowest BCUT2D eigenvalue weighted by Crippen LogP contribution is -2.13. The molecule has 1 aromatic carbocycles. The Morgan fingerprint density at radius 3 is 2.22 bits per heavy atom. The van der Waals surface area contributed by atoms with Crippen molar-refractivity contribution in [3.63, 3.8) is 0 Å². The van der Waals surface area contributed by atoms with Crippen molar-refractivity contribution < 1.29 is 0 Å². The van der Waals surface area contributed by atoms with E-state index in [2.05, 4.69) is 55.2 Å². The molecule has 0 unspecified atom stereocenters. The number of nitrogens with zero attached hydrogens (tertiary/aromatic N) is 1. The van der Waals surface area contributed by atoms with Crippen molar-refractivity contribution in [2.24, 2.45) is 5.92 Å². The second kappa shape index (κ2) is 7.77. The van der Waals surface area contributed by atoms with Gasteiger partial charge in [0.25, 0.3) is 0 Å². The van der Waals surface area contributed by atoms with Gasteiger partial charge in [0.1, 0.15) is 0 Å². The quantitative estimate of drug-likeness (QED) is 0.624. The minimum Gasteiger partial charge on any atom is -0.256 e. The predicted molar refractivity (Wildman–Crippen MR) is 98.7 cm³/mol. The van der Waals surface area contributed by atoms with Gasteiger partial charge in [-0.05, 0) is 61.1 Å². The summed E-state index contributed by atoms with van der Waals surface area (Å²) in [6.07, 6.45) is 11.4. The van der Waals surface area contributed by atoms with E-state index in [9.17, 15) is 0 Å². The largest absolute Gasteiger partial charge is 0.256 e. The third-order valence-electron chi connectivity index (χ3n) is 5.45. The first kappa shape index (κ1) is 16.2. The van der Waals surface area contributed by atoms with Gasteiger partial charge < -0.3 is 0 Å². The first-order valence-corrected chi connectivity index (χ1v) is 9.35. The summed E-state index contributed by atoms with van der Waals surface area (Å²) < 4.78 is 0. The Kier molecular flexibility index (Phi) is 5.48. The third kappa shape index (κ3) is 4.02. The number of pyridine rings is 1. The van der Waals surface area contributed by atoms with E-state index in [0.29, 0.717) is 0 Å². The number of rotatable bonds is 5. The summed E-state index contributed by atoms with van der Waals surface area (Å²) in [7, 11) is 0. The van der Waals surface area contributed by atoms with Crippen molar-refractivity contribution >= 4 is 0 Å². The second-order valence-electron chi connectivity index (χ2n) is 7.03. The van der Waals surface area contributed by atoms with Gasteiger partial charge in [0, 0.05) is 11.8 Å². The lowest BCUT2D eigenvalue weighted by atomic mass is 9.77. The van der Waals surface area contributed by atoms with Crippen LogP contribution in [-0.2, 0) is 6.42 Å². The number of aromatic nitrogens is 1. The van der Waals surface area contributed by atoms with E-state index in [1.165, 1.54) is 55.2 Å². The molecule has 1 fully saturated rings. The molecular formula is C22H29N. The molecule has 1 aromatic heterocycles. The van der Waals surface area contributed by atoms with Crippen molar-refractivity contribution in [3.8, 4) is 11.3 Å². The van der Waals surface area contributed by atoms with Gasteiger partial charge in [0.2, 0.25) is 0 Å². The van der Waals surface area contributed by atoms with Gasteiger partial charge in [-0.15, -0.1) is 0 Å². The van der Waals surface area contributed by atoms with E-state index in [1.807, 2.05) is 6.20 Å². The molecule has 0 amide bonds. The summed E-state index contributed by atoms with van der Waals surface area (Å²) in [5.74, 6) is 1.75. The Balaban J connectivity index is 1.65. The van der Waals surface area contributed by atoms with Crippen LogP contribution in [0.25, 0.3) is 11.3 Å². The Morgan fingerprint density at radius 1 is 0.913 bits per heavy atom. The minimum absolute atomic E-state index is 0.771. The number of hydrogen-bond donors (Lipinski definition) is 0. The van der Waals surface area contributed by atoms with Crippen molar-refractivity contribution in [1.29, 1.82) is 0 Å². The zero-order valence-electron chi connectivity index (χ0n) is 14.6. The molecule has 0 saturated heterocycles. The van der Waals surface area contributed by atoms with Crippen LogP contribution in [0.3, 0.4) is 0 Å². The summed E-state index contributed by atoms with van der Waals surface area (Å²) in [4.78, 5) is 4.59. The maximum atomic E-state index is 4.59. The van der Waals surface area contributed by atoms with E-state index >= 15 is 0 Å². The van der Waals surface area contributed by atoms with Crippen LogP contribution in [-0.4, -0.2) is 4.98 Å². The minimum atomic E-state index is 0.771. The van der Waals surface area contributed by atoms with Crippen molar-refractivity contribution in [3.05, 3.63) is 53.7 Å². The third-order valence-corrected chi connectivity index (χ3v) is 5.45. The van der Waals surface area contributed by atoms with Crippen LogP contribution < -0.4 is 0 Å². The Morgan fingerprint density at radius 2 is 1.65 bits per heavy atom. The molecule has 0 bridgehead atoms. The molecule has 2 aromatic rings. The van der Waals surface area contributed by atoms with Gasteiger partial charge in [-0.3, -0.25) is 4.98 Å². The van der Waals surface area contributed by atoms with E-state index < -0.39 is 0 Å². The predicted octanol–water partition coefficient (Wildman–Crippen LogP) is 6.38. The van der Waals surface area contributed by atoms with Crippen LogP contribution in [0.4, 0.5) is 0 Å². The van der Waals surface area contributed by atoms with Gasteiger partial charge in [-0.1, -0.05) is 57.0 Å². The van der Waals surface area contributed by atoms with Crippen LogP contribution >= 0.6 is 0 Å². The zero-order chi connectivity index (χ0) is 16.1. The van der Waals surface area contributed by atoms with Gasteiger partial charge >= 0.3 is 0 Å². The van der Waals surface area contributed by atoms with E-state index in [-0.39, 0.29) is 0 Å². The summed E-state index contributed by atoms with van der Waals surface area (Å²) in [6.45, 7) is 4.48. The van der Waals surface area contributed by atoms with Gasteiger partial charge in [-0.25, -0.2) is 0 Å². The van der Waals surface area contributed by atoms with E-state index in [4.69, 9.17) is 0 Å². The Bertz CT molecular complexity index is 589. The molecule has 3 rings (SSSR count). The molecule has 23 heavy (non-hydrogen) atoms. The molecule has 1 heteroatoms. The molecule has 1 heterocycles. The molecule has 0 spiro atoms. The Labute approximate surface area is 141 Å². The first-order valence-electron chi connectivity index (χ1n) is 9.35. The SMILES string of the molecule is CCCC1CCC(c2ccc(-c3ccc(CC)cn3)cc2)CC1. The van der Waals surface area contributed by atoms with Crippen LogP contribution in [0.15, 0.2) is 42.6 Å². The lowest BCUT2D eigenvalue weighted by Gasteiger charge is -2.28. The first-order chi connectivity index (χ1) is 11.3. The molecule has 1 aliphatic rings. The van der Waals surface area contributed by atoms with Crippen molar-refractivity contribution in [1.82, 2.24) is 4.98 Å². The fourth-order valence-corrected chi connectivity index (χ4v) is 3.92. The maximum Gasteiger partial charge on any atom is 0.0702 e. The highest BCUT2D eigenvalue weighted by Gasteiger charge is 2.21.